The fourth-order valence-electron chi connectivity index (χ4n) is 1.79. The number of hydrogen-bond donors (Lipinski definition) is 2. The zero-order valence-corrected chi connectivity index (χ0v) is 12.4. The maximum Gasteiger partial charge on any atom is 0.175 e. The molecule has 0 aliphatic heterocycles. The lowest BCUT2D eigenvalue weighted by Gasteiger charge is -2.08. The molecule has 0 saturated heterocycles. The highest BCUT2D eigenvalue weighted by Gasteiger charge is 2.08. The predicted molar refractivity (Wildman–Crippen MR) is 81.3 cm³/mol. The Morgan fingerprint density at radius 1 is 1.19 bits per heavy atom. The number of sulfone groups is 1. The molecule has 5 nitrogen and oxygen atoms in total. The molecule has 110 valence electrons. The quantitative estimate of drug-likeness (QED) is 0.652. The van der Waals surface area contributed by atoms with Crippen LogP contribution in [0.5, 0.6) is 5.75 Å². The van der Waals surface area contributed by atoms with Crippen molar-refractivity contribution in [3.63, 3.8) is 0 Å². The van der Waals surface area contributed by atoms with Crippen molar-refractivity contribution >= 4 is 15.7 Å². The third-order valence-electron chi connectivity index (χ3n) is 2.88. The summed E-state index contributed by atoms with van der Waals surface area (Å²) < 4.78 is 28.6. The molecule has 2 aromatic rings. The van der Waals surface area contributed by atoms with Crippen molar-refractivity contribution in [2.24, 2.45) is 5.73 Å². The summed E-state index contributed by atoms with van der Waals surface area (Å²) in [5.74, 6) is 0.474. The van der Waals surface area contributed by atoms with Crippen molar-refractivity contribution in [1.82, 2.24) is 0 Å². The number of rotatable bonds is 5. The Morgan fingerprint density at radius 3 is 2.57 bits per heavy atom. The molecular formula is C15H16N2O3S. The van der Waals surface area contributed by atoms with Gasteiger partial charge in [0, 0.05) is 11.8 Å². The average Bonchev–Trinajstić information content (AvgIpc) is 2.45. The fraction of sp³-hybridized carbons (Fsp3) is 0.133. The van der Waals surface area contributed by atoms with Crippen LogP contribution in [0.4, 0.5) is 0 Å². The highest BCUT2D eigenvalue weighted by Crippen LogP contribution is 2.18. The number of nitrogens with two attached hydrogens (primary N) is 1. The average molecular weight is 304 g/mol. The van der Waals surface area contributed by atoms with Crippen LogP contribution in [0.3, 0.4) is 0 Å². The molecule has 6 heteroatoms. The Morgan fingerprint density at radius 2 is 1.90 bits per heavy atom. The standard InChI is InChI=1S/C15H16N2O3S/c1-21(18,19)14-7-3-6-13(9-14)20-10-11-4-2-5-12(8-11)15(16)17/h2-9H,10H2,1H3,(H3,16,17). The molecule has 0 aromatic heterocycles. The van der Waals surface area contributed by atoms with Gasteiger partial charge in [-0.05, 0) is 29.8 Å². The van der Waals surface area contributed by atoms with Crippen molar-refractivity contribution in [3.8, 4) is 5.75 Å². The summed E-state index contributed by atoms with van der Waals surface area (Å²) in [7, 11) is -3.25. The predicted octanol–water partition coefficient (Wildman–Crippen LogP) is 1.95. The zero-order valence-electron chi connectivity index (χ0n) is 11.5. The minimum absolute atomic E-state index is 0.00377. The molecule has 0 saturated carbocycles. The minimum atomic E-state index is -3.25. The number of nitrogens with one attached hydrogen (secondary N) is 1. The van der Waals surface area contributed by atoms with Crippen LogP contribution in [0.15, 0.2) is 53.4 Å². The third-order valence-corrected chi connectivity index (χ3v) is 3.99. The van der Waals surface area contributed by atoms with E-state index in [4.69, 9.17) is 15.9 Å². The monoisotopic (exact) mass is 304 g/mol. The normalized spacial score (nSPS) is 11.1. The zero-order chi connectivity index (χ0) is 15.5. The van der Waals surface area contributed by atoms with E-state index in [2.05, 4.69) is 0 Å². The smallest absolute Gasteiger partial charge is 0.175 e. The van der Waals surface area contributed by atoms with E-state index < -0.39 is 9.84 Å². The minimum Gasteiger partial charge on any atom is -0.489 e. The van der Waals surface area contributed by atoms with E-state index in [1.807, 2.05) is 6.07 Å². The van der Waals surface area contributed by atoms with Gasteiger partial charge in [0.2, 0.25) is 0 Å². The van der Waals surface area contributed by atoms with Crippen LogP contribution in [0.2, 0.25) is 0 Å². The van der Waals surface area contributed by atoms with Gasteiger partial charge in [-0.3, -0.25) is 5.41 Å². The maximum absolute atomic E-state index is 11.5. The topological polar surface area (TPSA) is 93.2 Å². The van der Waals surface area contributed by atoms with Gasteiger partial charge in [0.15, 0.2) is 9.84 Å². The van der Waals surface area contributed by atoms with E-state index in [0.29, 0.717) is 11.3 Å². The summed E-state index contributed by atoms with van der Waals surface area (Å²) in [6, 6.07) is 13.5. The molecule has 21 heavy (non-hydrogen) atoms. The number of ether oxygens (including phenoxy) is 1. The van der Waals surface area contributed by atoms with Crippen molar-refractivity contribution < 1.29 is 13.2 Å². The highest BCUT2D eigenvalue weighted by atomic mass is 32.2. The molecule has 0 bridgehead atoms. The molecule has 0 heterocycles. The number of amidine groups is 1. The fourth-order valence-corrected chi connectivity index (χ4v) is 2.45. The largest absolute Gasteiger partial charge is 0.489 e. The summed E-state index contributed by atoms with van der Waals surface area (Å²) in [6.07, 6.45) is 1.16. The van der Waals surface area contributed by atoms with Gasteiger partial charge in [0.1, 0.15) is 18.2 Å². The van der Waals surface area contributed by atoms with Gasteiger partial charge >= 0.3 is 0 Å². The van der Waals surface area contributed by atoms with E-state index in [1.54, 1.807) is 30.3 Å². The molecule has 2 aromatic carbocycles. The Kier molecular flexibility index (Phi) is 4.28. The Bertz CT molecular complexity index is 770. The molecule has 0 spiro atoms. The summed E-state index contributed by atoms with van der Waals surface area (Å²) >= 11 is 0. The lowest BCUT2D eigenvalue weighted by Crippen LogP contribution is -2.11. The molecule has 0 aliphatic rings. The van der Waals surface area contributed by atoms with Gasteiger partial charge < -0.3 is 10.5 Å². The number of benzene rings is 2. The molecule has 0 unspecified atom stereocenters. The van der Waals surface area contributed by atoms with Crippen LogP contribution in [0.1, 0.15) is 11.1 Å². The van der Waals surface area contributed by atoms with E-state index in [1.165, 1.54) is 12.1 Å². The molecule has 0 atom stereocenters. The molecule has 0 aliphatic carbocycles. The van der Waals surface area contributed by atoms with Gasteiger partial charge in [-0.15, -0.1) is 0 Å². The van der Waals surface area contributed by atoms with E-state index >= 15 is 0 Å². The van der Waals surface area contributed by atoms with Gasteiger partial charge in [0.05, 0.1) is 4.90 Å². The molecule has 3 N–H and O–H groups in total. The van der Waals surface area contributed by atoms with Crippen LogP contribution in [-0.4, -0.2) is 20.5 Å². The van der Waals surface area contributed by atoms with Gasteiger partial charge in [0.25, 0.3) is 0 Å². The summed E-state index contributed by atoms with van der Waals surface area (Å²) in [4.78, 5) is 0.220. The van der Waals surface area contributed by atoms with Crippen LogP contribution in [0, 0.1) is 5.41 Å². The highest BCUT2D eigenvalue weighted by molar-refractivity contribution is 7.90. The first-order chi connectivity index (χ1) is 9.86. The summed E-state index contributed by atoms with van der Waals surface area (Å²) in [6.45, 7) is 0.272. The second kappa shape index (κ2) is 5.97. The van der Waals surface area contributed by atoms with Crippen LogP contribution in [-0.2, 0) is 16.4 Å². The first-order valence-electron chi connectivity index (χ1n) is 6.22. The lowest BCUT2D eigenvalue weighted by molar-refractivity contribution is 0.305. The Labute approximate surface area is 123 Å². The van der Waals surface area contributed by atoms with Crippen molar-refractivity contribution in [2.45, 2.75) is 11.5 Å². The third kappa shape index (κ3) is 4.06. The molecule has 2 rings (SSSR count). The van der Waals surface area contributed by atoms with E-state index in [9.17, 15) is 8.42 Å². The summed E-state index contributed by atoms with van der Waals surface area (Å²) in [5, 5.41) is 7.40. The first-order valence-corrected chi connectivity index (χ1v) is 8.11. The van der Waals surface area contributed by atoms with Crippen molar-refractivity contribution in [3.05, 3.63) is 59.7 Å². The number of nitrogen functional groups attached to an aromatic ring is 1. The van der Waals surface area contributed by atoms with Crippen molar-refractivity contribution in [1.29, 1.82) is 5.41 Å². The van der Waals surface area contributed by atoms with Crippen LogP contribution in [0.25, 0.3) is 0 Å². The molecular weight excluding hydrogens is 288 g/mol. The first kappa shape index (κ1) is 15.1. The van der Waals surface area contributed by atoms with E-state index in [-0.39, 0.29) is 17.3 Å². The second-order valence-electron chi connectivity index (χ2n) is 4.65. The Hall–Kier alpha value is -2.34. The summed E-state index contributed by atoms with van der Waals surface area (Å²) in [5.41, 5.74) is 6.91. The van der Waals surface area contributed by atoms with Crippen molar-refractivity contribution in [2.75, 3.05) is 6.26 Å². The lowest BCUT2D eigenvalue weighted by atomic mass is 10.1. The van der Waals surface area contributed by atoms with E-state index in [0.717, 1.165) is 11.8 Å². The SMILES string of the molecule is CS(=O)(=O)c1cccc(OCc2cccc(C(=N)N)c2)c1. The second-order valence-corrected chi connectivity index (χ2v) is 6.67. The molecule has 0 radical (unpaired) electrons. The molecule has 0 amide bonds. The van der Waals surface area contributed by atoms with Gasteiger partial charge in [-0.25, -0.2) is 8.42 Å². The van der Waals surface area contributed by atoms with Gasteiger partial charge in [-0.2, -0.15) is 0 Å². The molecule has 0 fully saturated rings. The van der Waals surface area contributed by atoms with Crippen LogP contribution >= 0.6 is 0 Å². The number of hydrogen-bond acceptors (Lipinski definition) is 4. The van der Waals surface area contributed by atoms with Crippen LogP contribution < -0.4 is 10.5 Å². The maximum atomic E-state index is 11.5. The Balaban J connectivity index is 2.13. The van der Waals surface area contributed by atoms with Gasteiger partial charge in [-0.1, -0.05) is 24.3 Å².